The van der Waals surface area contributed by atoms with Crippen LogP contribution in [0, 0.1) is 28.6 Å². The van der Waals surface area contributed by atoms with Crippen molar-refractivity contribution in [3.8, 4) is 23.0 Å². The number of hydrogen-bond donors (Lipinski definition) is 4. The number of carbonyl (C=O) groups is 4. The van der Waals surface area contributed by atoms with Crippen molar-refractivity contribution in [2.45, 2.75) is 103 Å². The summed E-state index contributed by atoms with van der Waals surface area (Å²) in [5.41, 5.74) is 3.59. The second-order valence-corrected chi connectivity index (χ2v) is 20.0. The molecule has 0 spiro atoms. The van der Waals surface area contributed by atoms with E-state index in [0.717, 1.165) is 82.1 Å². The van der Waals surface area contributed by atoms with E-state index in [1.54, 1.807) is 68.8 Å². The number of aliphatic hydroxyl groups is 1. The first kappa shape index (κ1) is 51.9. The number of carboxylic acid groups (broad SMARTS) is 1. The summed E-state index contributed by atoms with van der Waals surface area (Å²) in [6, 6.07) is 16.5. The summed E-state index contributed by atoms with van der Waals surface area (Å²) >= 11 is 12.1. The van der Waals surface area contributed by atoms with Crippen LogP contribution >= 0.6 is 23.2 Å². The van der Waals surface area contributed by atoms with E-state index in [1.165, 1.54) is 49.7 Å². The Bertz CT molecular complexity index is 2610. The molecule has 4 fully saturated rings. The molecule has 1 heterocycles. The highest BCUT2D eigenvalue weighted by atomic mass is 35.5. The van der Waals surface area contributed by atoms with Crippen molar-refractivity contribution in [3.63, 3.8) is 0 Å². The van der Waals surface area contributed by atoms with Gasteiger partial charge in [-0.15, -0.1) is 0 Å². The van der Waals surface area contributed by atoms with E-state index in [2.05, 4.69) is 35.5 Å². The molecule has 3 aromatic carbocycles. The summed E-state index contributed by atoms with van der Waals surface area (Å²) in [5, 5.41) is 24.9. The molecular formula is C55H63Cl2N3O10. The van der Waals surface area contributed by atoms with Gasteiger partial charge in [0.2, 0.25) is 5.91 Å². The fourth-order valence-electron chi connectivity index (χ4n) is 11.3. The average Bonchev–Trinajstić information content (AvgIpc) is 3.99. The van der Waals surface area contributed by atoms with E-state index >= 15 is 0 Å². The van der Waals surface area contributed by atoms with Gasteiger partial charge < -0.3 is 39.8 Å². The number of Topliss-reactive ketones (excluding diaryl/α,β-unsaturated/α-hetero) is 1. The van der Waals surface area contributed by atoms with Crippen molar-refractivity contribution in [2.75, 3.05) is 32.0 Å². The maximum absolute atomic E-state index is 12.6. The minimum absolute atomic E-state index is 0.0168. The van der Waals surface area contributed by atoms with Gasteiger partial charge in [0.1, 0.15) is 5.78 Å². The van der Waals surface area contributed by atoms with Gasteiger partial charge in [-0.1, -0.05) is 66.9 Å². The number of benzene rings is 3. The molecule has 0 bridgehead atoms. The third-order valence-corrected chi connectivity index (χ3v) is 15.7. The van der Waals surface area contributed by atoms with Crippen molar-refractivity contribution in [1.29, 1.82) is 0 Å². The second kappa shape index (κ2) is 22.9. The molecule has 70 heavy (non-hydrogen) atoms. The van der Waals surface area contributed by atoms with Gasteiger partial charge in [-0.05, 0) is 148 Å². The van der Waals surface area contributed by atoms with Crippen LogP contribution in [0.2, 0.25) is 10.0 Å². The highest BCUT2D eigenvalue weighted by Gasteiger charge is 2.58. The van der Waals surface area contributed by atoms with Crippen molar-refractivity contribution in [3.05, 3.63) is 118 Å². The molecule has 4 saturated carbocycles. The number of nitrogens with zero attached hydrogens (tertiary/aromatic N) is 1. The first-order chi connectivity index (χ1) is 33.6. The maximum atomic E-state index is 12.6. The number of methoxy groups -OCH3 is 3. The maximum Gasteiger partial charge on any atom is 0.337 e. The number of rotatable bonds is 11. The number of anilines is 2. The lowest BCUT2D eigenvalue weighted by Crippen LogP contribution is -2.50. The molecule has 0 saturated heterocycles. The molecular weight excluding hydrogens is 934 g/mol. The van der Waals surface area contributed by atoms with Crippen molar-refractivity contribution < 1.29 is 48.3 Å². The van der Waals surface area contributed by atoms with Crippen LogP contribution in [-0.2, 0) is 9.59 Å². The van der Waals surface area contributed by atoms with Gasteiger partial charge in [0.25, 0.3) is 5.91 Å². The Kier molecular flexibility index (Phi) is 17.0. The van der Waals surface area contributed by atoms with Gasteiger partial charge in [0.15, 0.2) is 23.0 Å². The summed E-state index contributed by atoms with van der Waals surface area (Å²) in [7, 11) is 4.65. The van der Waals surface area contributed by atoms with Crippen LogP contribution in [-0.4, -0.2) is 72.3 Å². The zero-order valence-corrected chi connectivity index (χ0v) is 41.9. The zero-order valence-electron chi connectivity index (χ0n) is 40.4. The number of aromatic nitrogens is 1. The predicted molar refractivity (Wildman–Crippen MR) is 271 cm³/mol. The molecule has 9 rings (SSSR count). The van der Waals surface area contributed by atoms with Crippen LogP contribution in [0.25, 0.3) is 6.08 Å². The molecule has 1 aromatic heterocycles. The summed E-state index contributed by atoms with van der Waals surface area (Å²) in [6.45, 7) is 4.69. The standard InChI is InChI=1S/C19H28O2.C18H18Cl2N2O3.C18H17NO5/c1-18-9-7-13(20)11-12(18)3-4-14-15-5-6-17(21)19(15,2)10-8-16(14)18;1-24-15-7-6-11(8-16(15)25-12-4-2-3-5-12)18(23)22-17-13(19)9-21-10-14(17)20;1-23-15-9-7-12(11-16(15)24-2)8-10-17(20)19-14-6-4-3-5-13(14)18(21)22/h3,13-16,20H,4-11H2,1-2H3;6-10,12H,2-5H2,1H3,(H,21,22,23);3-11H,1-2H3,(H,19,20)(H,21,22)/b;;10-8+/t13-,14-,15-,16-,18-,19-;;/m0../s1. The number of halogens is 2. The van der Waals surface area contributed by atoms with Crippen molar-refractivity contribution in [2.24, 2.45) is 28.6 Å². The van der Waals surface area contributed by atoms with E-state index in [0.29, 0.717) is 57.3 Å². The third kappa shape index (κ3) is 11.6. The van der Waals surface area contributed by atoms with E-state index in [1.807, 2.05) is 0 Å². The number of aromatic carboxylic acids is 1. The summed E-state index contributed by atoms with van der Waals surface area (Å²) in [4.78, 5) is 51.9. The molecule has 0 radical (unpaired) electrons. The quantitative estimate of drug-likeness (QED) is 0.0829. The predicted octanol–water partition coefficient (Wildman–Crippen LogP) is 11.9. The monoisotopic (exact) mass is 995 g/mol. The van der Waals surface area contributed by atoms with E-state index < -0.39 is 11.9 Å². The second-order valence-electron chi connectivity index (χ2n) is 19.2. The molecule has 6 atom stereocenters. The first-order valence-electron chi connectivity index (χ1n) is 24.0. The van der Waals surface area contributed by atoms with Gasteiger partial charge in [-0.2, -0.15) is 0 Å². The molecule has 372 valence electrons. The van der Waals surface area contributed by atoms with Crippen molar-refractivity contribution in [1.82, 2.24) is 4.98 Å². The number of fused-ring (bicyclic) bond motifs is 5. The molecule has 4 N–H and O–H groups in total. The number of aliphatic hydroxyl groups excluding tert-OH is 1. The van der Waals surface area contributed by atoms with Gasteiger partial charge in [0.05, 0.1) is 60.5 Å². The van der Waals surface area contributed by atoms with Gasteiger partial charge in [-0.25, -0.2) is 4.79 Å². The Morgan fingerprint density at radius 1 is 0.786 bits per heavy atom. The number of allylic oxidation sites excluding steroid dienone is 1. The van der Waals surface area contributed by atoms with E-state index in [-0.39, 0.29) is 44.8 Å². The third-order valence-electron chi connectivity index (χ3n) is 15.2. The number of nitrogens with one attached hydrogen (secondary N) is 2. The van der Waals surface area contributed by atoms with Crippen LogP contribution in [0.1, 0.15) is 117 Å². The first-order valence-corrected chi connectivity index (χ1v) is 24.7. The minimum atomic E-state index is -1.10. The van der Waals surface area contributed by atoms with E-state index in [9.17, 15) is 24.3 Å². The molecule has 0 aliphatic heterocycles. The molecule has 2 amide bonds. The summed E-state index contributed by atoms with van der Waals surface area (Å²) < 4.78 is 21.7. The van der Waals surface area contributed by atoms with Gasteiger partial charge in [0, 0.05) is 35.9 Å². The number of ketones is 1. The topological polar surface area (TPSA) is 183 Å². The number of ether oxygens (including phenoxy) is 4. The van der Waals surface area contributed by atoms with Crippen LogP contribution in [0.3, 0.4) is 0 Å². The Labute approximate surface area is 419 Å². The molecule has 4 aromatic rings. The lowest BCUT2D eigenvalue weighted by molar-refractivity contribution is -0.132. The lowest BCUT2D eigenvalue weighted by atomic mass is 9.48. The van der Waals surface area contributed by atoms with Crippen LogP contribution in [0.5, 0.6) is 23.0 Å². The molecule has 13 nitrogen and oxygen atoms in total. The van der Waals surface area contributed by atoms with Crippen LogP contribution in [0.4, 0.5) is 11.4 Å². The lowest BCUT2D eigenvalue weighted by Gasteiger charge is -2.56. The fourth-order valence-corrected chi connectivity index (χ4v) is 11.8. The zero-order chi connectivity index (χ0) is 50.2. The van der Waals surface area contributed by atoms with Gasteiger partial charge >= 0.3 is 5.97 Å². The van der Waals surface area contributed by atoms with Crippen LogP contribution < -0.4 is 29.6 Å². The summed E-state index contributed by atoms with van der Waals surface area (Å²) in [5.74, 6) is 3.04. The van der Waals surface area contributed by atoms with E-state index in [4.69, 9.17) is 47.3 Å². The number of amides is 2. The molecule has 0 unspecified atom stereocenters. The molecule has 15 heteroatoms. The number of carboxylic acids is 1. The fraction of sp³-hybridized carbons (Fsp3) is 0.436. The van der Waals surface area contributed by atoms with Gasteiger partial charge in [-0.3, -0.25) is 19.4 Å². The molecule has 5 aliphatic carbocycles. The minimum Gasteiger partial charge on any atom is -0.493 e. The average molecular weight is 997 g/mol. The number of pyridine rings is 1. The smallest absolute Gasteiger partial charge is 0.337 e. The Morgan fingerprint density at radius 2 is 1.44 bits per heavy atom. The largest absolute Gasteiger partial charge is 0.493 e. The Hall–Kier alpha value is -5.89. The van der Waals surface area contributed by atoms with Crippen molar-refractivity contribution >= 4 is 64.2 Å². The Morgan fingerprint density at radius 3 is 2.14 bits per heavy atom. The highest BCUT2D eigenvalue weighted by molar-refractivity contribution is 6.39. The molecule has 5 aliphatic rings. The SMILES string of the molecule is COc1ccc(/C=C/C(=O)Nc2ccccc2C(=O)O)cc1OC.COc1ccc(C(=O)Nc2c(Cl)cncc2Cl)cc1OC1CCCC1.C[C@]12CC[C@H](O)CC1=CC[C@@H]1[C@@H]2CC[C@]2(C)C(=O)CC[C@@H]12. The Balaban J connectivity index is 0.000000155. The van der Waals surface area contributed by atoms with Crippen LogP contribution in [0.15, 0.2) is 90.8 Å². The summed E-state index contributed by atoms with van der Waals surface area (Å²) in [6.07, 6.45) is 21.0. The number of hydrogen-bond acceptors (Lipinski definition) is 10. The number of para-hydroxylation sites is 1. The number of carbonyl (C=O) groups excluding carboxylic acids is 3. The highest BCUT2D eigenvalue weighted by Crippen LogP contribution is 2.64. The normalized spacial score (nSPS) is 24.5.